The predicted molar refractivity (Wildman–Crippen MR) is 68.5 cm³/mol. The van der Waals surface area contributed by atoms with E-state index in [0.717, 1.165) is 30.0 Å². The molecule has 0 radical (unpaired) electrons. The zero-order valence-corrected chi connectivity index (χ0v) is 10.7. The molecule has 0 aliphatic carbocycles. The van der Waals surface area contributed by atoms with Gasteiger partial charge in [0, 0.05) is 6.54 Å². The Labute approximate surface area is 106 Å². The third kappa shape index (κ3) is 2.48. The molecular formula is C12H15ClN4. The van der Waals surface area contributed by atoms with Crippen LogP contribution < -0.4 is 5.32 Å². The molecule has 1 aromatic carbocycles. The fourth-order valence-corrected chi connectivity index (χ4v) is 2.01. The lowest BCUT2D eigenvalue weighted by molar-refractivity contribution is 0.671. The first-order valence-corrected chi connectivity index (χ1v) is 5.97. The van der Waals surface area contributed by atoms with Crippen LogP contribution in [0.2, 0.25) is 5.02 Å². The molecule has 90 valence electrons. The summed E-state index contributed by atoms with van der Waals surface area (Å²) in [6.07, 6.45) is 1.76. The van der Waals surface area contributed by atoms with E-state index in [0.29, 0.717) is 5.02 Å². The topological polar surface area (TPSA) is 42.7 Å². The lowest BCUT2D eigenvalue weighted by Crippen LogP contribution is -2.16. The smallest absolute Gasteiger partial charge is 0.0882 e. The number of halogens is 1. The van der Waals surface area contributed by atoms with E-state index < -0.39 is 0 Å². The van der Waals surface area contributed by atoms with Gasteiger partial charge in [-0.3, -0.25) is 0 Å². The molecule has 0 amide bonds. The molecule has 0 spiro atoms. The molecule has 2 rings (SSSR count). The van der Waals surface area contributed by atoms with Crippen molar-refractivity contribution in [1.82, 2.24) is 20.3 Å². The van der Waals surface area contributed by atoms with Gasteiger partial charge in [-0.1, -0.05) is 35.9 Å². The van der Waals surface area contributed by atoms with E-state index >= 15 is 0 Å². The maximum atomic E-state index is 6.22. The van der Waals surface area contributed by atoms with Crippen LogP contribution in [0.3, 0.4) is 0 Å². The predicted octanol–water partition coefficient (Wildman–Crippen LogP) is 2.34. The van der Waals surface area contributed by atoms with Crippen LogP contribution in [0.4, 0.5) is 0 Å². The summed E-state index contributed by atoms with van der Waals surface area (Å²) in [6.45, 7) is 5.72. The minimum absolute atomic E-state index is 0.688. The average molecular weight is 251 g/mol. The molecule has 0 aliphatic rings. The molecular weight excluding hydrogens is 236 g/mol. The van der Waals surface area contributed by atoms with Crippen LogP contribution >= 0.6 is 11.6 Å². The number of hydrogen-bond donors (Lipinski definition) is 1. The summed E-state index contributed by atoms with van der Waals surface area (Å²) in [7, 11) is 0. The van der Waals surface area contributed by atoms with Crippen LogP contribution in [-0.2, 0) is 6.54 Å². The number of nitrogens with one attached hydrogen (secondary N) is 1. The SMILES string of the molecule is CCNCc1cnnn1-c1c(C)cccc1Cl. The molecule has 17 heavy (non-hydrogen) atoms. The minimum atomic E-state index is 0.688. The second kappa shape index (κ2) is 5.29. The number of nitrogens with zero attached hydrogens (tertiary/aromatic N) is 3. The Bertz CT molecular complexity index is 487. The number of para-hydroxylation sites is 1. The lowest BCUT2D eigenvalue weighted by Gasteiger charge is -2.10. The van der Waals surface area contributed by atoms with Gasteiger partial charge in [-0.2, -0.15) is 0 Å². The van der Waals surface area contributed by atoms with Gasteiger partial charge < -0.3 is 5.32 Å². The van der Waals surface area contributed by atoms with E-state index in [4.69, 9.17) is 11.6 Å². The molecule has 1 N–H and O–H groups in total. The van der Waals surface area contributed by atoms with Crippen molar-refractivity contribution >= 4 is 11.6 Å². The summed E-state index contributed by atoms with van der Waals surface area (Å²) in [4.78, 5) is 0. The first kappa shape index (κ1) is 12.1. The molecule has 0 aliphatic heterocycles. The maximum Gasteiger partial charge on any atom is 0.0882 e. The Morgan fingerprint density at radius 2 is 2.24 bits per heavy atom. The van der Waals surface area contributed by atoms with Crippen LogP contribution in [0.5, 0.6) is 0 Å². The first-order valence-electron chi connectivity index (χ1n) is 5.59. The van der Waals surface area contributed by atoms with Gasteiger partial charge in [-0.15, -0.1) is 5.10 Å². The molecule has 5 heteroatoms. The van der Waals surface area contributed by atoms with Crippen molar-refractivity contribution in [2.45, 2.75) is 20.4 Å². The summed E-state index contributed by atoms with van der Waals surface area (Å²) >= 11 is 6.22. The van der Waals surface area contributed by atoms with Crippen molar-refractivity contribution < 1.29 is 0 Å². The Morgan fingerprint density at radius 3 is 2.94 bits per heavy atom. The molecule has 0 unspecified atom stereocenters. The van der Waals surface area contributed by atoms with Gasteiger partial charge in [-0.25, -0.2) is 4.68 Å². The second-order valence-corrected chi connectivity index (χ2v) is 4.23. The molecule has 0 atom stereocenters. The normalized spacial score (nSPS) is 10.8. The molecule has 4 nitrogen and oxygen atoms in total. The van der Waals surface area contributed by atoms with Crippen LogP contribution in [0.15, 0.2) is 24.4 Å². The summed E-state index contributed by atoms with van der Waals surface area (Å²) < 4.78 is 1.79. The molecule has 0 saturated carbocycles. The third-order valence-electron chi connectivity index (χ3n) is 2.58. The number of rotatable bonds is 4. The van der Waals surface area contributed by atoms with Gasteiger partial charge in [-0.05, 0) is 25.1 Å². The second-order valence-electron chi connectivity index (χ2n) is 3.82. The molecule has 0 fully saturated rings. The molecule has 1 aromatic heterocycles. The Hall–Kier alpha value is -1.39. The highest BCUT2D eigenvalue weighted by Gasteiger charge is 2.11. The highest BCUT2D eigenvalue weighted by atomic mass is 35.5. The van der Waals surface area contributed by atoms with Crippen molar-refractivity contribution in [3.63, 3.8) is 0 Å². The van der Waals surface area contributed by atoms with E-state index in [1.54, 1.807) is 10.9 Å². The minimum Gasteiger partial charge on any atom is -0.311 e. The summed E-state index contributed by atoms with van der Waals surface area (Å²) in [5.41, 5.74) is 2.99. The zero-order chi connectivity index (χ0) is 12.3. The number of aryl methyl sites for hydroxylation is 1. The van der Waals surface area contributed by atoms with Crippen LogP contribution in [0.1, 0.15) is 18.2 Å². The van der Waals surface area contributed by atoms with Crippen molar-refractivity contribution in [3.8, 4) is 5.69 Å². The Morgan fingerprint density at radius 1 is 1.41 bits per heavy atom. The van der Waals surface area contributed by atoms with E-state index in [1.165, 1.54) is 0 Å². The first-order chi connectivity index (χ1) is 8.24. The van der Waals surface area contributed by atoms with Crippen LogP contribution in [-0.4, -0.2) is 21.5 Å². The van der Waals surface area contributed by atoms with Crippen molar-refractivity contribution in [2.75, 3.05) is 6.54 Å². The van der Waals surface area contributed by atoms with Crippen molar-refractivity contribution in [2.24, 2.45) is 0 Å². The quantitative estimate of drug-likeness (QED) is 0.906. The fraction of sp³-hybridized carbons (Fsp3) is 0.333. The van der Waals surface area contributed by atoms with E-state index in [1.807, 2.05) is 25.1 Å². The largest absolute Gasteiger partial charge is 0.311 e. The third-order valence-corrected chi connectivity index (χ3v) is 2.88. The van der Waals surface area contributed by atoms with E-state index in [2.05, 4.69) is 22.6 Å². The van der Waals surface area contributed by atoms with Crippen molar-refractivity contribution in [1.29, 1.82) is 0 Å². The number of aromatic nitrogens is 3. The summed E-state index contributed by atoms with van der Waals surface area (Å²) in [5.74, 6) is 0. The standard InChI is InChI=1S/C12H15ClN4/c1-3-14-7-10-8-15-16-17(10)12-9(2)5-4-6-11(12)13/h4-6,8,14H,3,7H2,1-2H3. The monoisotopic (exact) mass is 250 g/mol. The van der Waals surface area contributed by atoms with Gasteiger partial charge in [0.25, 0.3) is 0 Å². The molecule has 1 heterocycles. The Balaban J connectivity index is 2.43. The highest BCUT2D eigenvalue weighted by Crippen LogP contribution is 2.24. The van der Waals surface area contributed by atoms with E-state index in [9.17, 15) is 0 Å². The van der Waals surface area contributed by atoms with Gasteiger partial charge >= 0.3 is 0 Å². The van der Waals surface area contributed by atoms with E-state index in [-0.39, 0.29) is 0 Å². The van der Waals surface area contributed by atoms with Gasteiger partial charge in [0.2, 0.25) is 0 Å². The van der Waals surface area contributed by atoms with Gasteiger partial charge in [0.05, 0.1) is 22.6 Å². The lowest BCUT2D eigenvalue weighted by atomic mass is 10.2. The zero-order valence-electron chi connectivity index (χ0n) is 9.94. The molecule has 0 saturated heterocycles. The Kier molecular flexibility index (Phi) is 3.76. The van der Waals surface area contributed by atoms with Gasteiger partial charge in [0.15, 0.2) is 0 Å². The highest BCUT2D eigenvalue weighted by molar-refractivity contribution is 6.32. The maximum absolute atomic E-state index is 6.22. The number of hydrogen-bond acceptors (Lipinski definition) is 3. The molecule has 2 aromatic rings. The average Bonchev–Trinajstić information content (AvgIpc) is 2.74. The summed E-state index contributed by atoms with van der Waals surface area (Å²) in [6, 6.07) is 5.81. The molecule has 0 bridgehead atoms. The van der Waals surface area contributed by atoms with Crippen LogP contribution in [0.25, 0.3) is 5.69 Å². The fourth-order valence-electron chi connectivity index (χ4n) is 1.71. The van der Waals surface area contributed by atoms with Gasteiger partial charge in [0.1, 0.15) is 0 Å². The van der Waals surface area contributed by atoms with Crippen molar-refractivity contribution in [3.05, 3.63) is 40.7 Å². The van der Waals surface area contributed by atoms with Crippen LogP contribution in [0, 0.1) is 6.92 Å². The summed E-state index contributed by atoms with van der Waals surface area (Å²) in [5, 5.41) is 12.0. The number of benzene rings is 1.